The van der Waals surface area contributed by atoms with E-state index < -0.39 is 22.5 Å². The summed E-state index contributed by atoms with van der Waals surface area (Å²) in [6.07, 6.45) is 0. The number of carbonyl (C=O) groups is 1. The molecule has 82 valence electrons. The van der Waals surface area contributed by atoms with Crippen LogP contribution in [0.25, 0.3) is 0 Å². The van der Waals surface area contributed by atoms with Crippen molar-refractivity contribution in [1.29, 1.82) is 0 Å². The summed E-state index contributed by atoms with van der Waals surface area (Å²) < 4.78 is 24.9. The second-order valence-corrected chi connectivity index (χ2v) is 4.49. The highest BCUT2D eigenvalue weighted by atomic mass is 32.2. The maximum absolute atomic E-state index is 11.5. The van der Waals surface area contributed by atoms with Gasteiger partial charge in [-0.15, -0.1) is 0 Å². The third-order valence-corrected chi connectivity index (χ3v) is 3.04. The average molecular weight is 230 g/mol. The Bertz CT molecular complexity index is 469. The first kappa shape index (κ1) is 11.5. The van der Waals surface area contributed by atoms with Gasteiger partial charge < -0.3 is 10.8 Å². The molecule has 0 radical (unpaired) electrons. The van der Waals surface area contributed by atoms with Crippen LogP contribution in [0.5, 0.6) is 5.75 Å². The van der Waals surface area contributed by atoms with Crippen LogP contribution in [0, 0.1) is 0 Å². The van der Waals surface area contributed by atoms with Crippen molar-refractivity contribution in [3.63, 3.8) is 0 Å². The molecule has 0 spiro atoms. The number of hydrogen-bond acceptors (Lipinski definition) is 4. The standard InChI is InChI=1S/C8H10N2O4S/c9-8(12)5-10-15(13,14)7-4-2-1-3-6(7)11/h1-4,10-11H,5H2,(H2,9,12). The molecule has 0 aliphatic carbocycles. The molecule has 6 nitrogen and oxygen atoms in total. The van der Waals surface area contributed by atoms with Crippen LogP contribution in [0.15, 0.2) is 29.2 Å². The smallest absolute Gasteiger partial charge is 0.244 e. The zero-order valence-electron chi connectivity index (χ0n) is 7.67. The van der Waals surface area contributed by atoms with Crippen LogP contribution < -0.4 is 10.5 Å². The van der Waals surface area contributed by atoms with Gasteiger partial charge in [0.15, 0.2) is 0 Å². The molecule has 1 aromatic carbocycles. The lowest BCUT2D eigenvalue weighted by Crippen LogP contribution is -2.33. The van der Waals surface area contributed by atoms with Gasteiger partial charge in [0.25, 0.3) is 0 Å². The van der Waals surface area contributed by atoms with Gasteiger partial charge in [-0.1, -0.05) is 12.1 Å². The summed E-state index contributed by atoms with van der Waals surface area (Å²) in [5.41, 5.74) is 4.79. The van der Waals surface area contributed by atoms with Gasteiger partial charge in [-0.05, 0) is 12.1 Å². The van der Waals surface area contributed by atoms with Crippen LogP contribution in [0.3, 0.4) is 0 Å². The number of phenols is 1. The van der Waals surface area contributed by atoms with Gasteiger partial charge >= 0.3 is 0 Å². The van der Waals surface area contributed by atoms with Gasteiger partial charge in [0.1, 0.15) is 10.6 Å². The summed E-state index contributed by atoms with van der Waals surface area (Å²) in [7, 11) is -3.89. The Balaban J connectivity index is 2.97. The summed E-state index contributed by atoms with van der Waals surface area (Å²) in [5, 5.41) is 9.28. The number of aromatic hydroxyl groups is 1. The van der Waals surface area contributed by atoms with Gasteiger partial charge in [0.2, 0.25) is 15.9 Å². The van der Waals surface area contributed by atoms with Crippen LogP contribution in [-0.2, 0) is 14.8 Å². The lowest BCUT2D eigenvalue weighted by molar-refractivity contribution is -0.116. The Kier molecular flexibility index (Phi) is 3.28. The highest BCUT2D eigenvalue weighted by Crippen LogP contribution is 2.20. The van der Waals surface area contributed by atoms with Gasteiger partial charge in [-0.3, -0.25) is 4.79 Å². The number of nitrogens with one attached hydrogen (secondary N) is 1. The number of nitrogens with two attached hydrogens (primary N) is 1. The van der Waals surface area contributed by atoms with E-state index in [2.05, 4.69) is 0 Å². The normalized spacial score (nSPS) is 11.2. The number of primary amides is 1. The highest BCUT2D eigenvalue weighted by Gasteiger charge is 2.17. The monoisotopic (exact) mass is 230 g/mol. The molecule has 0 aliphatic rings. The van der Waals surface area contributed by atoms with E-state index in [1.807, 2.05) is 4.72 Å². The number of sulfonamides is 1. The Morgan fingerprint density at radius 3 is 2.53 bits per heavy atom. The molecule has 0 aliphatic heterocycles. The minimum absolute atomic E-state index is 0.286. The summed E-state index contributed by atoms with van der Waals surface area (Å²) in [4.78, 5) is 10.1. The fraction of sp³-hybridized carbons (Fsp3) is 0.125. The molecule has 0 atom stereocenters. The van der Waals surface area contributed by atoms with Crippen LogP contribution in [-0.4, -0.2) is 26.0 Å². The quantitative estimate of drug-likeness (QED) is 0.626. The lowest BCUT2D eigenvalue weighted by Gasteiger charge is -2.05. The second-order valence-electron chi connectivity index (χ2n) is 2.76. The van der Waals surface area contributed by atoms with E-state index >= 15 is 0 Å². The number of amides is 1. The summed E-state index contributed by atoms with van der Waals surface area (Å²) >= 11 is 0. The maximum Gasteiger partial charge on any atom is 0.244 e. The van der Waals surface area contributed by atoms with Crippen molar-refractivity contribution in [3.8, 4) is 5.75 Å². The molecule has 0 aromatic heterocycles. The van der Waals surface area contributed by atoms with E-state index in [0.717, 1.165) is 0 Å². The Labute approximate surface area is 86.8 Å². The van der Waals surface area contributed by atoms with Gasteiger partial charge in [0, 0.05) is 0 Å². The first-order valence-electron chi connectivity index (χ1n) is 3.99. The van der Waals surface area contributed by atoms with E-state index in [-0.39, 0.29) is 10.6 Å². The zero-order valence-corrected chi connectivity index (χ0v) is 8.49. The van der Waals surface area contributed by atoms with Crippen molar-refractivity contribution in [2.75, 3.05) is 6.54 Å². The topological polar surface area (TPSA) is 109 Å². The molecule has 7 heteroatoms. The molecular formula is C8H10N2O4S. The van der Waals surface area contributed by atoms with E-state index in [1.165, 1.54) is 24.3 Å². The van der Waals surface area contributed by atoms with Crippen LogP contribution in [0.4, 0.5) is 0 Å². The molecule has 0 bridgehead atoms. The molecule has 1 rings (SSSR count). The van der Waals surface area contributed by atoms with Gasteiger partial charge in [-0.25, -0.2) is 13.1 Å². The van der Waals surface area contributed by atoms with Crippen LogP contribution in [0.2, 0.25) is 0 Å². The van der Waals surface area contributed by atoms with E-state index in [4.69, 9.17) is 5.73 Å². The fourth-order valence-corrected chi connectivity index (χ4v) is 2.02. The first-order valence-corrected chi connectivity index (χ1v) is 5.48. The van der Waals surface area contributed by atoms with Crippen LogP contribution in [0.1, 0.15) is 0 Å². The number of benzene rings is 1. The Morgan fingerprint density at radius 1 is 1.40 bits per heavy atom. The third kappa shape index (κ3) is 2.93. The average Bonchev–Trinajstić information content (AvgIpc) is 2.15. The van der Waals surface area contributed by atoms with Gasteiger partial charge in [0.05, 0.1) is 6.54 Å². The summed E-state index contributed by atoms with van der Waals surface area (Å²) in [5.74, 6) is -1.18. The number of rotatable bonds is 4. The van der Waals surface area contributed by atoms with Crippen LogP contribution >= 0.6 is 0 Å². The molecule has 1 amide bonds. The molecule has 0 saturated heterocycles. The van der Waals surface area contributed by atoms with E-state index in [1.54, 1.807) is 0 Å². The van der Waals surface area contributed by atoms with Crippen molar-refractivity contribution in [2.24, 2.45) is 5.73 Å². The number of carbonyl (C=O) groups excluding carboxylic acids is 1. The summed E-state index contributed by atoms with van der Waals surface area (Å²) in [6, 6.07) is 5.40. The molecule has 0 fully saturated rings. The van der Waals surface area contributed by atoms with Crippen molar-refractivity contribution in [2.45, 2.75) is 4.90 Å². The van der Waals surface area contributed by atoms with Crippen molar-refractivity contribution in [1.82, 2.24) is 4.72 Å². The highest BCUT2D eigenvalue weighted by molar-refractivity contribution is 7.89. The van der Waals surface area contributed by atoms with E-state index in [0.29, 0.717) is 0 Å². The molecular weight excluding hydrogens is 220 g/mol. The predicted octanol–water partition coefficient (Wildman–Crippen LogP) is -0.844. The Morgan fingerprint density at radius 2 is 2.00 bits per heavy atom. The molecule has 0 unspecified atom stereocenters. The first-order chi connectivity index (χ1) is 6.93. The second kappa shape index (κ2) is 4.28. The number of phenolic OH excluding ortho intramolecular Hbond substituents is 1. The van der Waals surface area contributed by atoms with Crippen molar-refractivity contribution >= 4 is 15.9 Å². The Hall–Kier alpha value is -1.60. The molecule has 1 aromatic rings. The summed E-state index contributed by atoms with van der Waals surface area (Å²) in [6.45, 7) is -0.503. The number of para-hydroxylation sites is 1. The largest absolute Gasteiger partial charge is 0.507 e. The van der Waals surface area contributed by atoms with Gasteiger partial charge in [-0.2, -0.15) is 0 Å². The molecule has 4 N–H and O–H groups in total. The predicted molar refractivity (Wildman–Crippen MR) is 52.5 cm³/mol. The maximum atomic E-state index is 11.5. The van der Waals surface area contributed by atoms with Crippen molar-refractivity contribution in [3.05, 3.63) is 24.3 Å². The minimum atomic E-state index is -3.89. The molecule has 0 saturated carbocycles. The van der Waals surface area contributed by atoms with E-state index in [9.17, 15) is 18.3 Å². The fourth-order valence-electron chi connectivity index (χ4n) is 0.928. The van der Waals surface area contributed by atoms with Crippen molar-refractivity contribution < 1.29 is 18.3 Å². The molecule has 0 heterocycles. The minimum Gasteiger partial charge on any atom is -0.507 e. The molecule has 15 heavy (non-hydrogen) atoms. The number of hydrogen-bond donors (Lipinski definition) is 3. The SMILES string of the molecule is NC(=O)CNS(=O)(=O)c1ccccc1O. The lowest BCUT2D eigenvalue weighted by atomic mass is 10.3. The zero-order chi connectivity index (χ0) is 11.5. The third-order valence-electron chi connectivity index (χ3n) is 1.59.